The number of hydrogen-bond donors (Lipinski definition) is 6. The summed E-state index contributed by atoms with van der Waals surface area (Å²) in [5, 5.41) is 27.6. The third-order valence-electron chi connectivity index (χ3n) is 2.18. The van der Waals surface area contributed by atoms with Gasteiger partial charge in [-0.25, -0.2) is 4.57 Å². The quantitative estimate of drug-likeness (QED) is 0.287. The van der Waals surface area contributed by atoms with Gasteiger partial charge in [-0.05, 0) is 0 Å². The highest BCUT2D eigenvalue weighted by atomic mass is 31.2. The van der Waals surface area contributed by atoms with E-state index in [1.165, 1.54) is 0 Å². The van der Waals surface area contributed by atoms with Gasteiger partial charge in [-0.15, -0.1) is 0 Å². The Hall–Kier alpha value is -0.0900. The van der Waals surface area contributed by atoms with Gasteiger partial charge in [-0.3, -0.25) is 4.52 Å². The minimum absolute atomic E-state index is 0.689. The molecule has 1 aliphatic heterocycles. The molecule has 0 bridgehead atoms. The largest absolute Gasteiger partial charge is 0.470 e. The van der Waals surface area contributed by atoms with Crippen LogP contribution in [0.2, 0.25) is 0 Å². The zero-order valence-corrected chi connectivity index (χ0v) is 8.97. The van der Waals surface area contributed by atoms with E-state index in [2.05, 4.69) is 4.52 Å². The molecule has 9 nitrogen and oxygen atoms in total. The van der Waals surface area contributed by atoms with Crippen LogP contribution < -0.4 is 5.73 Å². The SMILES string of the molecule is N[C@H]1[C@@H](O)[C@H](OP(=O)(O)O)[C@@H](CO)O[C@@H]1O. The van der Waals surface area contributed by atoms with Crippen molar-refractivity contribution in [3.05, 3.63) is 0 Å². The summed E-state index contributed by atoms with van der Waals surface area (Å²) in [5.41, 5.74) is 5.31. The molecule has 7 N–H and O–H groups in total. The summed E-state index contributed by atoms with van der Waals surface area (Å²) in [6.45, 7) is -0.689. The van der Waals surface area contributed by atoms with E-state index in [9.17, 15) is 14.8 Å². The van der Waals surface area contributed by atoms with Gasteiger partial charge in [-0.1, -0.05) is 0 Å². The average Bonchev–Trinajstić information content (AvgIpc) is 2.17. The number of phosphoric ester groups is 1. The normalized spacial score (nSPS) is 41.0. The molecule has 1 heterocycles. The van der Waals surface area contributed by atoms with E-state index >= 15 is 0 Å². The Balaban J connectivity index is 2.81. The number of aliphatic hydroxyl groups excluding tert-OH is 3. The minimum Gasteiger partial charge on any atom is -0.394 e. The van der Waals surface area contributed by atoms with Gasteiger partial charge in [0.1, 0.15) is 18.3 Å². The summed E-state index contributed by atoms with van der Waals surface area (Å²) in [6, 6.07) is -1.28. The first kappa shape index (κ1) is 14.0. The fourth-order valence-corrected chi connectivity index (χ4v) is 1.97. The topological polar surface area (TPSA) is 163 Å². The fourth-order valence-electron chi connectivity index (χ4n) is 1.39. The van der Waals surface area contributed by atoms with Crippen molar-refractivity contribution in [1.82, 2.24) is 0 Å². The van der Waals surface area contributed by atoms with Crippen molar-refractivity contribution in [3.8, 4) is 0 Å². The Morgan fingerprint density at radius 1 is 1.38 bits per heavy atom. The van der Waals surface area contributed by atoms with Gasteiger partial charge in [0.05, 0.1) is 12.6 Å². The minimum atomic E-state index is -4.86. The zero-order valence-electron chi connectivity index (χ0n) is 8.08. The number of ether oxygens (including phenoxy) is 1. The van der Waals surface area contributed by atoms with Gasteiger partial charge in [0.2, 0.25) is 0 Å². The number of aliphatic hydroxyl groups is 3. The van der Waals surface area contributed by atoms with Crippen LogP contribution in [0.4, 0.5) is 0 Å². The molecule has 0 amide bonds. The van der Waals surface area contributed by atoms with Crippen molar-refractivity contribution < 1.29 is 38.9 Å². The molecule has 0 aromatic rings. The van der Waals surface area contributed by atoms with Crippen LogP contribution in [0, 0.1) is 0 Å². The lowest BCUT2D eigenvalue weighted by Gasteiger charge is -2.40. The Morgan fingerprint density at radius 2 is 1.94 bits per heavy atom. The standard InChI is InChI=1S/C6H14NO8P/c7-3-4(9)5(15-16(11,12)13)2(1-8)14-6(3)10/h2-6,8-10H,1,7H2,(H2,11,12,13)/t2-,3+,4-,5-,6+/m1/s1. The third-order valence-corrected chi connectivity index (χ3v) is 2.70. The number of hydrogen-bond acceptors (Lipinski definition) is 7. The van der Waals surface area contributed by atoms with E-state index in [1.54, 1.807) is 0 Å². The summed E-state index contributed by atoms with van der Waals surface area (Å²) in [4.78, 5) is 17.2. The van der Waals surface area contributed by atoms with Crippen molar-refractivity contribution in [2.45, 2.75) is 30.6 Å². The van der Waals surface area contributed by atoms with Crippen LogP contribution in [0.1, 0.15) is 0 Å². The predicted octanol–water partition coefficient (Wildman–Crippen LogP) is -3.14. The number of rotatable bonds is 3. The van der Waals surface area contributed by atoms with Crippen molar-refractivity contribution in [3.63, 3.8) is 0 Å². The second-order valence-corrected chi connectivity index (χ2v) is 4.57. The molecule has 1 saturated heterocycles. The summed E-state index contributed by atoms with van der Waals surface area (Å²) >= 11 is 0. The van der Waals surface area contributed by atoms with Crippen LogP contribution >= 0.6 is 7.82 Å². The maximum absolute atomic E-state index is 10.6. The van der Waals surface area contributed by atoms with Crippen molar-refractivity contribution in [2.75, 3.05) is 6.61 Å². The highest BCUT2D eigenvalue weighted by Gasteiger charge is 2.46. The van der Waals surface area contributed by atoms with Gasteiger partial charge in [0.15, 0.2) is 6.29 Å². The smallest absolute Gasteiger partial charge is 0.394 e. The summed E-state index contributed by atoms with van der Waals surface area (Å²) in [6.07, 6.45) is -5.88. The molecule has 1 aliphatic rings. The summed E-state index contributed by atoms with van der Waals surface area (Å²) in [7, 11) is -4.86. The zero-order chi connectivity index (χ0) is 12.5. The van der Waals surface area contributed by atoms with Gasteiger partial charge < -0.3 is 35.6 Å². The van der Waals surface area contributed by atoms with E-state index in [1.807, 2.05) is 0 Å². The fraction of sp³-hybridized carbons (Fsp3) is 1.00. The monoisotopic (exact) mass is 259 g/mol. The van der Waals surface area contributed by atoms with Gasteiger partial charge in [0, 0.05) is 0 Å². The molecule has 0 spiro atoms. The molecule has 5 atom stereocenters. The second-order valence-electron chi connectivity index (χ2n) is 3.38. The molecule has 0 unspecified atom stereocenters. The van der Waals surface area contributed by atoms with Crippen molar-refractivity contribution in [2.24, 2.45) is 5.73 Å². The van der Waals surface area contributed by atoms with Crippen LogP contribution in [0.5, 0.6) is 0 Å². The molecule has 1 rings (SSSR count). The van der Waals surface area contributed by atoms with Crippen LogP contribution in [-0.2, 0) is 13.8 Å². The van der Waals surface area contributed by atoms with E-state index in [4.69, 9.17) is 25.4 Å². The molecule has 96 valence electrons. The maximum Gasteiger partial charge on any atom is 0.470 e. The van der Waals surface area contributed by atoms with Crippen LogP contribution in [0.25, 0.3) is 0 Å². The van der Waals surface area contributed by atoms with Gasteiger partial charge >= 0.3 is 7.82 Å². The lowest BCUT2D eigenvalue weighted by Crippen LogP contribution is -2.62. The van der Waals surface area contributed by atoms with E-state index < -0.39 is 45.1 Å². The molecular formula is C6H14NO8P. The Labute approximate surface area is 90.6 Å². The van der Waals surface area contributed by atoms with Crippen LogP contribution in [0.15, 0.2) is 0 Å². The second kappa shape index (κ2) is 5.05. The summed E-state index contributed by atoms with van der Waals surface area (Å²) < 4.78 is 19.6. The van der Waals surface area contributed by atoms with Crippen LogP contribution in [-0.4, -0.2) is 62.4 Å². The first-order valence-corrected chi connectivity index (χ1v) is 5.91. The summed E-state index contributed by atoms with van der Waals surface area (Å²) in [5.74, 6) is 0. The Morgan fingerprint density at radius 3 is 2.38 bits per heavy atom. The molecule has 0 aromatic carbocycles. The highest BCUT2D eigenvalue weighted by Crippen LogP contribution is 2.40. The lowest BCUT2D eigenvalue weighted by atomic mass is 9.98. The number of nitrogens with two attached hydrogens (primary N) is 1. The molecule has 0 radical (unpaired) electrons. The molecule has 0 aromatic heterocycles. The van der Waals surface area contributed by atoms with Gasteiger partial charge in [0.25, 0.3) is 0 Å². The first-order chi connectivity index (χ1) is 7.26. The molecule has 0 aliphatic carbocycles. The van der Waals surface area contributed by atoms with E-state index in [0.29, 0.717) is 0 Å². The molecule has 0 saturated carbocycles. The number of phosphoric acid groups is 1. The van der Waals surface area contributed by atoms with Crippen LogP contribution in [0.3, 0.4) is 0 Å². The Kier molecular flexibility index (Phi) is 4.41. The van der Waals surface area contributed by atoms with Crippen molar-refractivity contribution >= 4 is 7.82 Å². The third kappa shape index (κ3) is 3.20. The van der Waals surface area contributed by atoms with E-state index in [-0.39, 0.29) is 0 Å². The predicted molar refractivity (Wildman–Crippen MR) is 48.9 cm³/mol. The van der Waals surface area contributed by atoms with Crippen molar-refractivity contribution in [1.29, 1.82) is 0 Å². The highest BCUT2D eigenvalue weighted by molar-refractivity contribution is 7.46. The molecule has 10 heteroatoms. The Bertz CT molecular complexity index is 280. The molecule has 16 heavy (non-hydrogen) atoms. The van der Waals surface area contributed by atoms with E-state index in [0.717, 1.165) is 0 Å². The molecule has 1 fully saturated rings. The lowest BCUT2D eigenvalue weighted by molar-refractivity contribution is -0.245. The maximum atomic E-state index is 10.6. The molecular weight excluding hydrogens is 245 g/mol. The van der Waals surface area contributed by atoms with Gasteiger partial charge in [-0.2, -0.15) is 0 Å². The average molecular weight is 259 g/mol. The first-order valence-electron chi connectivity index (χ1n) is 4.38.